The molecule has 8 nitrogen and oxygen atoms in total. The van der Waals surface area contributed by atoms with Crippen molar-refractivity contribution in [2.24, 2.45) is 0 Å². The van der Waals surface area contributed by atoms with Crippen molar-refractivity contribution in [3.63, 3.8) is 0 Å². The number of ether oxygens (including phenoxy) is 1. The lowest BCUT2D eigenvalue weighted by Crippen LogP contribution is -2.63. The average molecular weight is 743 g/mol. The number of amides is 2. The number of aliphatic hydroxyl groups excluding tert-OH is 1. The van der Waals surface area contributed by atoms with Gasteiger partial charge in [-0.05, 0) is 85.1 Å². The Morgan fingerprint density at radius 2 is 1.72 bits per heavy atom. The van der Waals surface area contributed by atoms with E-state index in [4.69, 9.17) is 4.74 Å². The first-order valence-electron chi connectivity index (χ1n) is 17.9. The summed E-state index contributed by atoms with van der Waals surface area (Å²) in [5, 5.41) is 16.6. The van der Waals surface area contributed by atoms with Gasteiger partial charge in [0.05, 0.1) is 30.4 Å². The van der Waals surface area contributed by atoms with Crippen LogP contribution >= 0.6 is 0 Å². The van der Waals surface area contributed by atoms with Gasteiger partial charge in [0.15, 0.2) is 17.4 Å². The van der Waals surface area contributed by atoms with Crippen LogP contribution in [0.4, 0.5) is 26.3 Å². The molecule has 2 bridgehead atoms. The molecule has 4 atom stereocenters. The Labute approximate surface area is 302 Å². The van der Waals surface area contributed by atoms with Gasteiger partial charge in [-0.3, -0.25) is 9.59 Å². The molecule has 4 aliphatic rings. The van der Waals surface area contributed by atoms with Crippen molar-refractivity contribution in [3.8, 4) is 5.75 Å². The quantitative estimate of drug-likeness (QED) is 0.139. The minimum Gasteiger partial charge on any atom is -0.488 e. The van der Waals surface area contributed by atoms with Crippen LogP contribution in [0.2, 0.25) is 0 Å². The number of rotatable bonds is 11. The van der Waals surface area contributed by atoms with E-state index in [0.29, 0.717) is 56.0 Å². The molecular formula is C39H40F6N4O4. The minimum absolute atomic E-state index is 0.00267. The molecule has 53 heavy (non-hydrogen) atoms. The third kappa shape index (κ3) is 8.24. The number of piperazine rings is 1. The summed E-state index contributed by atoms with van der Waals surface area (Å²) >= 11 is 0. The first-order valence-corrected chi connectivity index (χ1v) is 17.9. The lowest BCUT2D eigenvalue weighted by molar-refractivity contribution is -0.137. The maximum absolute atomic E-state index is 14.7. The SMILES string of the molecule is O=C(C1C[C@@H](O)CN1)N1C[C@H]2CC(c3ccc(CCCOc4c(F)ccc(F)c4F)cc3)=C(C(=O)N(Cc3cccc(C(F)(F)F)c3)C3CC3)[C@@H](C1)N2. The monoisotopic (exact) mass is 742 g/mol. The molecule has 3 aromatic rings. The van der Waals surface area contributed by atoms with Gasteiger partial charge in [0, 0.05) is 43.8 Å². The second-order valence-corrected chi connectivity index (χ2v) is 14.3. The maximum Gasteiger partial charge on any atom is 0.416 e. The molecule has 1 saturated carbocycles. The highest BCUT2D eigenvalue weighted by Crippen LogP contribution is 2.38. The van der Waals surface area contributed by atoms with Crippen molar-refractivity contribution in [2.75, 3.05) is 26.2 Å². The predicted octanol–water partition coefficient (Wildman–Crippen LogP) is 5.37. The van der Waals surface area contributed by atoms with Crippen LogP contribution in [0.3, 0.4) is 0 Å². The first kappa shape index (κ1) is 36.9. The highest BCUT2D eigenvalue weighted by molar-refractivity contribution is 6.03. The zero-order chi connectivity index (χ0) is 37.4. The van der Waals surface area contributed by atoms with Gasteiger partial charge >= 0.3 is 6.18 Å². The molecule has 282 valence electrons. The van der Waals surface area contributed by atoms with E-state index < -0.39 is 53.1 Å². The number of halogens is 6. The first-order chi connectivity index (χ1) is 25.4. The second kappa shape index (κ2) is 15.2. The number of aryl methyl sites for hydroxylation is 1. The van der Waals surface area contributed by atoms with E-state index in [2.05, 4.69) is 10.6 Å². The van der Waals surface area contributed by atoms with Crippen LogP contribution in [-0.2, 0) is 28.7 Å². The Morgan fingerprint density at radius 1 is 0.962 bits per heavy atom. The summed E-state index contributed by atoms with van der Waals surface area (Å²) in [4.78, 5) is 31.6. The van der Waals surface area contributed by atoms with Crippen molar-refractivity contribution >= 4 is 17.4 Å². The molecule has 3 aromatic carbocycles. The van der Waals surface area contributed by atoms with Crippen molar-refractivity contribution in [1.29, 1.82) is 0 Å². The maximum atomic E-state index is 14.7. The van der Waals surface area contributed by atoms with Gasteiger partial charge in [-0.1, -0.05) is 36.4 Å². The average Bonchev–Trinajstić information content (AvgIpc) is 3.89. The predicted molar refractivity (Wildman–Crippen MR) is 183 cm³/mol. The minimum atomic E-state index is -4.53. The largest absolute Gasteiger partial charge is 0.488 e. The topological polar surface area (TPSA) is 94.1 Å². The van der Waals surface area contributed by atoms with Crippen molar-refractivity contribution in [2.45, 2.75) is 81.5 Å². The van der Waals surface area contributed by atoms with E-state index in [1.165, 1.54) is 6.07 Å². The fourth-order valence-corrected chi connectivity index (χ4v) is 7.59. The number of β-amino-alcohol motifs (C(OH)–C–C–N with tert-alkyl or cyclic N) is 1. The molecule has 1 unspecified atom stereocenters. The number of benzene rings is 3. The number of hydrogen-bond acceptors (Lipinski definition) is 6. The van der Waals surface area contributed by atoms with Gasteiger partial charge in [-0.25, -0.2) is 8.78 Å². The Morgan fingerprint density at radius 3 is 2.42 bits per heavy atom. The molecule has 1 aliphatic carbocycles. The molecule has 2 amide bonds. The molecule has 0 aromatic heterocycles. The highest BCUT2D eigenvalue weighted by atomic mass is 19.4. The summed E-state index contributed by atoms with van der Waals surface area (Å²) in [6.07, 6.45) is -2.09. The Balaban J connectivity index is 1.14. The molecule has 3 aliphatic heterocycles. The van der Waals surface area contributed by atoms with Gasteiger partial charge in [0.2, 0.25) is 11.7 Å². The van der Waals surface area contributed by atoms with E-state index in [0.717, 1.165) is 47.7 Å². The number of alkyl halides is 3. The Hall–Kier alpha value is -4.40. The zero-order valence-corrected chi connectivity index (χ0v) is 28.8. The smallest absolute Gasteiger partial charge is 0.416 e. The third-order valence-corrected chi connectivity index (χ3v) is 10.4. The molecule has 3 heterocycles. The summed E-state index contributed by atoms with van der Waals surface area (Å²) in [5.41, 5.74) is 2.54. The van der Waals surface area contributed by atoms with Crippen LogP contribution in [0, 0.1) is 17.5 Å². The van der Waals surface area contributed by atoms with Gasteiger partial charge in [-0.15, -0.1) is 0 Å². The van der Waals surface area contributed by atoms with Crippen LogP contribution in [0.15, 0.2) is 66.2 Å². The van der Waals surface area contributed by atoms with Gasteiger partial charge in [0.25, 0.3) is 5.91 Å². The van der Waals surface area contributed by atoms with Crippen LogP contribution in [0.25, 0.3) is 5.57 Å². The molecular weight excluding hydrogens is 702 g/mol. The van der Waals surface area contributed by atoms with Gasteiger partial charge in [-0.2, -0.15) is 17.6 Å². The lowest BCUT2D eigenvalue weighted by Gasteiger charge is -2.45. The molecule has 0 spiro atoms. The molecule has 2 saturated heterocycles. The van der Waals surface area contributed by atoms with Crippen molar-refractivity contribution in [1.82, 2.24) is 20.4 Å². The van der Waals surface area contributed by atoms with E-state index in [-0.39, 0.29) is 43.6 Å². The van der Waals surface area contributed by atoms with Gasteiger partial charge in [0.1, 0.15) is 0 Å². The summed E-state index contributed by atoms with van der Waals surface area (Å²) in [7, 11) is 0. The van der Waals surface area contributed by atoms with Crippen LogP contribution < -0.4 is 15.4 Å². The van der Waals surface area contributed by atoms with Crippen molar-refractivity contribution < 1.29 is 45.8 Å². The van der Waals surface area contributed by atoms with Crippen LogP contribution in [-0.4, -0.2) is 83.2 Å². The molecule has 3 fully saturated rings. The lowest BCUT2D eigenvalue weighted by atomic mass is 9.82. The molecule has 3 N–H and O–H groups in total. The zero-order valence-electron chi connectivity index (χ0n) is 28.8. The fourth-order valence-electron chi connectivity index (χ4n) is 7.59. The number of fused-ring (bicyclic) bond motifs is 2. The number of nitrogens with one attached hydrogen (secondary N) is 2. The number of nitrogens with zero attached hydrogens (tertiary/aromatic N) is 2. The summed E-state index contributed by atoms with van der Waals surface area (Å²) in [6.45, 7) is 0.876. The Bertz CT molecular complexity index is 1880. The van der Waals surface area contributed by atoms with Crippen molar-refractivity contribution in [3.05, 3.63) is 106 Å². The number of hydrogen-bond donors (Lipinski definition) is 3. The normalized spacial score (nSPS) is 23.0. The highest BCUT2D eigenvalue weighted by Gasteiger charge is 2.45. The number of aliphatic hydroxyl groups is 1. The van der Waals surface area contributed by atoms with E-state index in [1.807, 2.05) is 24.3 Å². The number of carbonyl (C=O) groups is 2. The number of carbonyl (C=O) groups excluding carboxylic acids is 2. The summed E-state index contributed by atoms with van der Waals surface area (Å²) < 4.78 is 87.4. The van der Waals surface area contributed by atoms with Crippen LogP contribution in [0.5, 0.6) is 5.75 Å². The van der Waals surface area contributed by atoms with E-state index in [9.17, 15) is 41.0 Å². The van der Waals surface area contributed by atoms with E-state index in [1.54, 1.807) is 15.9 Å². The third-order valence-electron chi connectivity index (χ3n) is 10.4. The summed E-state index contributed by atoms with van der Waals surface area (Å²) in [6, 6.07) is 12.7. The Kier molecular flexibility index (Phi) is 10.6. The second-order valence-electron chi connectivity index (χ2n) is 14.3. The van der Waals surface area contributed by atoms with Crippen LogP contribution in [0.1, 0.15) is 54.4 Å². The summed E-state index contributed by atoms with van der Waals surface area (Å²) in [5.74, 6) is -4.77. The standard InChI is InChI=1S/C39H40F6N4O4/c40-30-12-13-31(41)36(35(30)42)53-14-2-4-22-6-8-24(9-7-22)29-16-26-20-48(37(51)32-17-28(50)18-46-32)21-33(47-26)34(29)38(52)49(27-10-11-27)19-23-3-1-5-25(15-23)39(43,44)45/h1,3,5-9,12-13,15,26-28,32-33,46-47,50H,2,4,10-11,14,16-21H2/t26-,28-,32?,33-/m1/s1. The molecule has 7 rings (SSSR count). The fraction of sp³-hybridized carbons (Fsp3) is 0.436. The van der Waals surface area contributed by atoms with Gasteiger partial charge < -0.3 is 30.3 Å². The molecule has 14 heteroatoms. The molecule has 0 radical (unpaired) electrons. The van der Waals surface area contributed by atoms with E-state index >= 15 is 0 Å².